The van der Waals surface area contributed by atoms with Gasteiger partial charge in [0.2, 0.25) is 0 Å². The minimum Gasteiger partial charge on any atom is -0.465 e. The molecule has 0 heterocycles. The van der Waals surface area contributed by atoms with Crippen molar-refractivity contribution in [3.05, 3.63) is 0 Å². The van der Waals surface area contributed by atoms with Gasteiger partial charge >= 0.3 is 6.09 Å². The summed E-state index contributed by atoms with van der Waals surface area (Å²) in [7, 11) is 1.65. The summed E-state index contributed by atoms with van der Waals surface area (Å²) >= 11 is 0. The molecule has 0 aromatic rings. The lowest BCUT2D eigenvalue weighted by molar-refractivity contribution is 0.117. The normalized spacial score (nSPS) is 26.3. The van der Waals surface area contributed by atoms with Crippen molar-refractivity contribution in [3.63, 3.8) is 0 Å². The molecule has 1 aliphatic carbocycles. The minimum absolute atomic E-state index is 0.202. The van der Waals surface area contributed by atoms with Crippen LogP contribution in [0.5, 0.6) is 0 Å². The van der Waals surface area contributed by atoms with E-state index >= 15 is 0 Å². The highest BCUT2D eigenvalue weighted by Gasteiger charge is 2.25. The van der Waals surface area contributed by atoms with Crippen molar-refractivity contribution in [1.82, 2.24) is 4.90 Å². The summed E-state index contributed by atoms with van der Waals surface area (Å²) in [4.78, 5) is 12.2. The lowest BCUT2D eigenvalue weighted by Gasteiger charge is -2.33. The molecule has 2 N–H and O–H groups in total. The summed E-state index contributed by atoms with van der Waals surface area (Å²) in [5, 5.41) is 17.6. The van der Waals surface area contributed by atoms with Gasteiger partial charge in [-0.3, -0.25) is 0 Å². The molecule has 4 nitrogen and oxygen atoms in total. The summed E-state index contributed by atoms with van der Waals surface area (Å²) < 4.78 is 0. The molecule has 1 aliphatic rings. The first kappa shape index (κ1) is 12.3. The van der Waals surface area contributed by atoms with Crippen molar-refractivity contribution in [2.45, 2.75) is 44.6 Å². The minimum atomic E-state index is -0.825. The van der Waals surface area contributed by atoms with Crippen LogP contribution in [-0.4, -0.2) is 40.9 Å². The molecular formula is C11H21NO3. The van der Waals surface area contributed by atoms with Crippen LogP contribution in [0.1, 0.15) is 38.5 Å². The zero-order chi connectivity index (χ0) is 11.3. The average Bonchev–Trinajstić information content (AvgIpc) is 2.26. The van der Waals surface area contributed by atoms with Gasteiger partial charge < -0.3 is 15.1 Å². The predicted octanol–water partition coefficient (Wildman–Crippen LogP) is 1.93. The summed E-state index contributed by atoms with van der Waals surface area (Å²) in [5.41, 5.74) is 0. The number of aliphatic hydroxyl groups is 1. The molecular weight excluding hydrogens is 194 g/mol. The topological polar surface area (TPSA) is 60.8 Å². The Morgan fingerprint density at radius 2 is 1.93 bits per heavy atom. The lowest BCUT2D eigenvalue weighted by atomic mass is 9.83. The molecule has 0 atom stereocenters. The first-order valence-corrected chi connectivity index (χ1v) is 5.71. The Bertz CT molecular complexity index is 200. The van der Waals surface area contributed by atoms with Gasteiger partial charge in [-0.1, -0.05) is 0 Å². The number of nitrogens with zero attached hydrogens (tertiary/aromatic N) is 1. The second-order valence-electron chi connectivity index (χ2n) is 4.43. The molecule has 15 heavy (non-hydrogen) atoms. The fraction of sp³-hybridized carbons (Fsp3) is 0.909. The van der Waals surface area contributed by atoms with Gasteiger partial charge in [0.25, 0.3) is 0 Å². The molecule has 0 aromatic heterocycles. The van der Waals surface area contributed by atoms with Crippen molar-refractivity contribution in [2.75, 3.05) is 13.7 Å². The zero-order valence-corrected chi connectivity index (χ0v) is 9.35. The maximum Gasteiger partial charge on any atom is 0.407 e. The fourth-order valence-electron chi connectivity index (χ4n) is 2.36. The maximum absolute atomic E-state index is 10.7. The van der Waals surface area contributed by atoms with Crippen LogP contribution in [0.15, 0.2) is 0 Å². The van der Waals surface area contributed by atoms with Gasteiger partial charge in [0.15, 0.2) is 0 Å². The molecule has 1 fully saturated rings. The first-order valence-electron chi connectivity index (χ1n) is 5.71. The maximum atomic E-state index is 10.7. The molecule has 1 rings (SSSR count). The number of hydrogen-bond acceptors (Lipinski definition) is 2. The van der Waals surface area contributed by atoms with Gasteiger partial charge in [0.1, 0.15) is 0 Å². The number of carboxylic acid groups (broad SMARTS) is 1. The third-order valence-corrected chi connectivity index (χ3v) is 3.44. The van der Waals surface area contributed by atoms with Crippen molar-refractivity contribution in [2.24, 2.45) is 5.92 Å². The van der Waals surface area contributed by atoms with Crippen molar-refractivity contribution in [3.8, 4) is 0 Å². The highest BCUT2D eigenvalue weighted by atomic mass is 16.4. The third kappa shape index (κ3) is 3.70. The van der Waals surface area contributed by atoms with Gasteiger partial charge in [0, 0.05) is 19.7 Å². The molecule has 0 aromatic carbocycles. The van der Waals surface area contributed by atoms with Crippen LogP contribution in [0.3, 0.4) is 0 Å². The summed E-state index contributed by atoms with van der Waals surface area (Å²) in [6, 6.07) is 0.202. The third-order valence-electron chi connectivity index (χ3n) is 3.44. The molecule has 88 valence electrons. The van der Waals surface area contributed by atoms with Gasteiger partial charge in [0.05, 0.1) is 0 Å². The molecule has 0 spiro atoms. The Balaban J connectivity index is 2.26. The predicted molar refractivity (Wildman–Crippen MR) is 57.9 cm³/mol. The zero-order valence-electron chi connectivity index (χ0n) is 9.35. The van der Waals surface area contributed by atoms with Crippen LogP contribution < -0.4 is 0 Å². The fourth-order valence-corrected chi connectivity index (χ4v) is 2.36. The number of amides is 1. The van der Waals surface area contributed by atoms with Crippen LogP contribution in [0.2, 0.25) is 0 Å². The van der Waals surface area contributed by atoms with Crippen LogP contribution in [0.25, 0.3) is 0 Å². The summed E-state index contributed by atoms with van der Waals surface area (Å²) in [5.74, 6) is 0.690. The van der Waals surface area contributed by atoms with E-state index < -0.39 is 6.09 Å². The molecule has 0 unspecified atom stereocenters. The van der Waals surface area contributed by atoms with E-state index in [4.69, 9.17) is 10.2 Å². The Morgan fingerprint density at radius 1 is 1.33 bits per heavy atom. The highest BCUT2D eigenvalue weighted by Crippen LogP contribution is 2.29. The van der Waals surface area contributed by atoms with Gasteiger partial charge in [-0.25, -0.2) is 4.79 Å². The molecule has 0 bridgehead atoms. The van der Waals surface area contributed by atoms with Crippen molar-refractivity contribution >= 4 is 6.09 Å². The lowest BCUT2D eigenvalue weighted by Crippen LogP contribution is -2.38. The average molecular weight is 215 g/mol. The van der Waals surface area contributed by atoms with E-state index in [1.54, 1.807) is 7.05 Å². The van der Waals surface area contributed by atoms with Gasteiger partial charge in [-0.05, 0) is 44.4 Å². The van der Waals surface area contributed by atoms with Gasteiger partial charge in [-0.15, -0.1) is 0 Å². The van der Waals surface area contributed by atoms with E-state index in [9.17, 15) is 4.79 Å². The molecule has 1 amide bonds. The molecule has 0 radical (unpaired) electrons. The SMILES string of the molecule is CN(C(=O)O)C1CCC(CCCO)CC1. The molecule has 0 saturated heterocycles. The second kappa shape index (κ2) is 5.95. The van der Waals surface area contributed by atoms with Crippen LogP contribution >= 0.6 is 0 Å². The largest absolute Gasteiger partial charge is 0.465 e. The van der Waals surface area contributed by atoms with E-state index in [1.165, 1.54) is 4.90 Å². The molecule has 0 aliphatic heterocycles. The van der Waals surface area contributed by atoms with E-state index in [1.807, 2.05) is 0 Å². The van der Waals surface area contributed by atoms with E-state index in [2.05, 4.69) is 0 Å². The van der Waals surface area contributed by atoms with Gasteiger partial charge in [-0.2, -0.15) is 0 Å². The number of aliphatic hydroxyl groups excluding tert-OH is 1. The van der Waals surface area contributed by atoms with Crippen molar-refractivity contribution in [1.29, 1.82) is 0 Å². The first-order chi connectivity index (χ1) is 7.15. The van der Waals surface area contributed by atoms with Crippen LogP contribution in [0, 0.1) is 5.92 Å². The van der Waals surface area contributed by atoms with E-state index in [0.29, 0.717) is 5.92 Å². The smallest absolute Gasteiger partial charge is 0.407 e. The molecule has 1 saturated carbocycles. The van der Waals surface area contributed by atoms with Crippen LogP contribution in [0.4, 0.5) is 4.79 Å². The molecule has 4 heteroatoms. The highest BCUT2D eigenvalue weighted by molar-refractivity contribution is 5.64. The Labute approximate surface area is 90.9 Å². The second-order valence-corrected chi connectivity index (χ2v) is 4.43. The monoisotopic (exact) mass is 215 g/mol. The Kier molecular flexibility index (Phi) is 4.88. The Hall–Kier alpha value is -0.770. The number of rotatable bonds is 4. The van der Waals surface area contributed by atoms with E-state index in [-0.39, 0.29) is 12.6 Å². The van der Waals surface area contributed by atoms with Crippen LogP contribution in [-0.2, 0) is 0 Å². The number of carbonyl (C=O) groups is 1. The van der Waals surface area contributed by atoms with Crippen molar-refractivity contribution < 1.29 is 15.0 Å². The quantitative estimate of drug-likeness (QED) is 0.753. The Morgan fingerprint density at radius 3 is 2.40 bits per heavy atom. The summed E-state index contributed by atoms with van der Waals surface area (Å²) in [6.45, 7) is 0.273. The summed E-state index contributed by atoms with van der Waals surface area (Å²) in [6.07, 6.45) is 5.28. The number of hydrogen-bond donors (Lipinski definition) is 2. The van der Waals surface area contributed by atoms with E-state index in [0.717, 1.165) is 38.5 Å². The standard InChI is InChI=1S/C11H21NO3/c1-12(11(14)15)10-6-4-9(5-7-10)3-2-8-13/h9-10,13H,2-8H2,1H3,(H,14,15).